The number of amides is 1. The predicted octanol–water partition coefficient (Wildman–Crippen LogP) is 3.55. The molecule has 2 aromatic carbocycles. The summed E-state index contributed by atoms with van der Waals surface area (Å²) in [6.45, 7) is 1.18. The summed E-state index contributed by atoms with van der Waals surface area (Å²) in [5.74, 6) is -0.377. The lowest BCUT2D eigenvalue weighted by Crippen LogP contribution is -2.28. The number of carbonyl (C=O) groups excluding carboxylic acids is 1. The minimum Gasteiger partial charge on any atom is -0.392 e. The van der Waals surface area contributed by atoms with Gasteiger partial charge in [-0.15, -0.1) is 0 Å². The zero-order valence-corrected chi connectivity index (χ0v) is 14.4. The number of carbonyl (C=O) groups is 1. The zero-order valence-electron chi connectivity index (χ0n) is 14.4. The lowest BCUT2D eigenvalue weighted by atomic mass is 10.1. The van der Waals surface area contributed by atoms with Crippen LogP contribution < -0.4 is 5.32 Å². The molecule has 1 aliphatic rings. The largest absolute Gasteiger partial charge is 0.392 e. The molecule has 1 amide bonds. The Bertz CT molecular complexity index is 687. The second-order valence-electron chi connectivity index (χ2n) is 6.58. The number of rotatable bonds is 7. The fourth-order valence-electron chi connectivity index (χ4n) is 3.24. The molecule has 1 aliphatic carbocycles. The molecule has 0 saturated heterocycles. The van der Waals surface area contributed by atoms with Crippen LogP contribution in [0.3, 0.4) is 0 Å². The molecule has 0 aliphatic heterocycles. The Balaban J connectivity index is 1.47. The molecule has 3 rings (SSSR count). The Kier molecular flexibility index (Phi) is 6.20. The molecule has 2 N–H and O–H groups in total. The van der Waals surface area contributed by atoms with E-state index in [0.29, 0.717) is 19.6 Å². The summed E-state index contributed by atoms with van der Waals surface area (Å²) < 4.78 is 5.75. The van der Waals surface area contributed by atoms with Crippen LogP contribution in [0, 0.1) is 5.92 Å². The van der Waals surface area contributed by atoms with E-state index in [9.17, 15) is 9.90 Å². The molecule has 0 radical (unpaired) electrons. The number of benzene rings is 2. The maximum absolute atomic E-state index is 12.3. The molecule has 2 atom stereocenters. The van der Waals surface area contributed by atoms with Gasteiger partial charge in [-0.05, 0) is 48.9 Å². The van der Waals surface area contributed by atoms with Crippen molar-refractivity contribution in [2.45, 2.75) is 38.4 Å². The lowest BCUT2D eigenvalue weighted by molar-refractivity contribution is -0.122. The van der Waals surface area contributed by atoms with Crippen LogP contribution in [-0.4, -0.2) is 23.7 Å². The van der Waals surface area contributed by atoms with Crippen LogP contribution in [0.5, 0.6) is 0 Å². The summed E-state index contributed by atoms with van der Waals surface area (Å²) in [6, 6.07) is 18.0. The zero-order chi connectivity index (χ0) is 17.5. The highest BCUT2D eigenvalue weighted by Gasteiger charge is 2.31. The average molecular weight is 339 g/mol. The number of anilines is 1. The van der Waals surface area contributed by atoms with Crippen LogP contribution in [0.1, 0.15) is 30.4 Å². The average Bonchev–Trinajstić information content (AvgIpc) is 3.06. The first-order valence-corrected chi connectivity index (χ1v) is 8.92. The number of ether oxygens (including phenoxy) is 1. The monoisotopic (exact) mass is 339 g/mol. The van der Waals surface area contributed by atoms with Gasteiger partial charge in [-0.3, -0.25) is 4.79 Å². The Morgan fingerprint density at radius 2 is 1.88 bits per heavy atom. The van der Waals surface area contributed by atoms with E-state index in [0.717, 1.165) is 30.5 Å². The Labute approximate surface area is 148 Å². The van der Waals surface area contributed by atoms with Gasteiger partial charge in [0.15, 0.2) is 0 Å². The van der Waals surface area contributed by atoms with Crippen molar-refractivity contribution in [2.75, 3.05) is 11.9 Å². The van der Waals surface area contributed by atoms with E-state index in [1.807, 2.05) is 42.5 Å². The molecule has 25 heavy (non-hydrogen) atoms. The molecule has 0 aromatic heterocycles. The molecular formula is C21H25NO3. The first-order valence-electron chi connectivity index (χ1n) is 8.92. The van der Waals surface area contributed by atoms with Crippen molar-refractivity contribution >= 4 is 11.6 Å². The van der Waals surface area contributed by atoms with E-state index in [-0.39, 0.29) is 11.8 Å². The Hall–Kier alpha value is -2.17. The molecule has 0 spiro atoms. The number of aliphatic hydroxyl groups is 1. The molecule has 4 heteroatoms. The van der Waals surface area contributed by atoms with Gasteiger partial charge in [0, 0.05) is 5.69 Å². The third-order valence-corrected chi connectivity index (χ3v) is 4.66. The highest BCUT2D eigenvalue weighted by Crippen LogP contribution is 2.26. The van der Waals surface area contributed by atoms with Crippen LogP contribution >= 0.6 is 0 Å². The molecule has 4 nitrogen and oxygen atoms in total. The Morgan fingerprint density at radius 1 is 1.08 bits per heavy atom. The summed E-state index contributed by atoms with van der Waals surface area (Å²) in [5, 5.41) is 12.8. The van der Waals surface area contributed by atoms with Crippen LogP contribution in [0.15, 0.2) is 54.6 Å². The van der Waals surface area contributed by atoms with Crippen molar-refractivity contribution in [2.24, 2.45) is 5.92 Å². The van der Waals surface area contributed by atoms with Gasteiger partial charge in [0.2, 0.25) is 5.91 Å². The van der Waals surface area contributed by atoms with Crippen molar-refractivity contribution in [1.82, 2.24) is 0 Å². The number of nitrogens with one attached hydrogen (secondary N) is 1. The van der Waals surface area contributed by atoms with Gasteiger partial charge in [-0.2, -0.15) is 0 Å². The first-order chi connectivity index (χ1) is 12.2. The van der Waals surface area contributed by atoms with Gasteiger partial charge in [-0.25, -0.2) is 0 Å². The van der Waals surface area contributed by atoms with E-state index in [2.05, 4.69) is 17.4 Å². The number of hydrogen-bond donors (Lipinski definition) is 2. The summed E-state index contributed by atoms with van der Waals surface area (Å²) in [5.41, 5.74) is 3.05. The quantitative estimate of drug-likeness (QED) is 0.759. The van der Waals surface area contributed by atoms with E-state index in [1.165, 1.54) is 5.56 Å². The topological polar surface area (TPSA) is 58.6 Å². The van der Waals surface area contributed by atoms with Crippen LogP contribution in [0.2, 0.25) is 0 Å². The minimum absolute atomic E-state index is 0.0906. The highest BCUT2D eigenvalue weighted by atomic mass is 16.5. The first kappa shape index (κ1) is 17.6. The Morgan fingerprint density at radius 3 is 2.64 bits per heavy atom. The summed E-state index contributed by atoms with van der Waals surface area (Å²) in [4.78, 5) is 12.3. The van der Waals surface area contributed by atoms with Gasteiger partial charge in [0.1, 0.15) is 0 Å². The highest BCUT2D eigenvalue weighted by molar-refractivity contribution is 5.93. The summed E-state index contributed by atoms with van der Waals surface area (Å²) in [7, 11) is 0. The van der Waals surface area contributed by atoms with Gasteiger partial charge in [0.05, 0.1) is 25.2 Å². The molecule has 132 valence electrons. The molecule has 1 saturated carbocycles. The normalized spacial score (nSPS) is 19.7. The molecule has 0 heterocycles. The van der Waals surface area contributed by atoms with Gasteiger partial charge in [-0.1, -0.05) is 42.5 Å². The molecule has 2 aromatic rings. The van der Waals surface area contributed by atoms with Crippen molar-refractivity contribution in [3.05, 3.63) is 65.7 Å². The third-order valence-electron chi connectivity index (χ3n) is 4.66. The minimum atomic E-state index is -0.510. The van der Waals surface area contributed by atoms with Gasteiger partial charge >= 0.3 is 0 Å². The van der Waals surface area contributed by atoms with E-state index < -0.39 is 6.10 Å². The van der Waals surface area contributed by atoms with Crippen LogP contribution in [-0.2, 0) is 22.6 Å². The second-order valence-corrected chi connectivity index (χ2v) is 6.58. The van der Waals surface area contributed by atoms with E-state index >= 15 is 0 Å². The summed E-state index contributed by atoms with van der Waals surface area (Å²) >= 11 is 0. The van der Waals surface area contributed by atoms with Crippen molar-refractivity contribution in [3.63, 3.8) is 0 Å². The molecular weight excluding hydrogens is 314 g/mol. The van der Waals surface area contributed by atoms with Crippen molar-refractivity contribution < 1.29 is 14.6 Å². The fraction of sp³-hybridized carbons (Fsp3) is 0.381. The smallest absolute Gasteiger partial charge is 0.230 e. The van der Waals surface area contributed by atoms with Gasteiger partial charge < -0.3 is 15.2 Å². The third kappa shape index (κ3) is 5.15. The van der Waals surface area contributed by atoms with Gasteiger partial charge in [0.25, 0.3) is 0 Å². The maximum Gasteiger partial charge on any atom is 0.230 e. The SMILES string of the molecule is O=C(Nc1cccc(COCCc2ccccc2)c1)C1CCCC1O. The second kappa shape index (κ2) is 8.79. The van der Waals surface area contributed by atoms with Crippen molar-refractivity contribution in [3.8, 4) is 0 Å². The molecule has 2 unspecified atom stereocenters. The maximum atomic E-state index is 12.3. The van der Waals surface area contributed by atoms with Crippen LogP contribution in [0.4, 0.5) is 5.69 Å². The lowest BCUT2D eigenvalue weighted by Gasteiger charge is -2.15. The molecule has 1 fully saturated rings. The summed E-state index contributed by atoms with van der Waals surface area (Å²) in [6.07, 6.45) is 2.76. The fourth-order valence-corrected chi connectivity index (χ4v) is 3.24. The van der Waals surface area contributed by atoms with E-state index in [4.69, 9.17) is 4.74 Å². The standard InChI is InChI=1S/C21H25NO3/c23-20-11-5-10-19(20)21(24)22-18-9-4-8-17(14-18)15-25-13-12-16-6-2-1-3-7-16/h1-4,6-9,14,19-20,23H,5,10-13,15H2,(H,22,24). The number of aliphatic hydroxyl groups excluding tert-OH is 1. The molecule has 0 bridgehead atoms. The number of hydrogen-bond acceptors (Lipinski definition) is 3. The van der Waals surface area contributed by atoms with Crippen LogP contribution in [0.25, 0.3) is 0 Å². The van der Waals surface area contributed by atoms with E-state index in [1.54, 1.807) is 0 Å². The predicted molar refractivity (Wildman–Crippen MR) is 98.2 cm³/mol. The van der Waals surface area contributed by atoms with Crippen molar-refractivity contribution in [1.29, 1.82) is 0 Å².